The molecule has 0 aromatic carbocycles. The van der Waals surface area contributed by atoms with Crippen LogP contribution in [0.3, 0.4) is 0 Å². The predicted octanol–water partition coefficient (Wildman–Crippen LogP) is 1.71. The minimum atomic E-state index is 0. The molecule has 1 atom stereocenters. The van der Waals surface area contributed by atoms with Crippen LogP contribution in [0.1, 0.15) is 32.6 Å². The Bertz CT molecular complexity index is 387. The molecule has 0 amide bonds. The van der Waals surface area contributed by atoms with Gasteiger partial charge in [0.15, 0.2) is 5.96 Å². The molecule has 2 N–H and O–H groups in total. The zero-order valence-corrected chi connectivity index (χ0v) is 19.4. The summed E-state index contributed by atoms with van der Waals surface area (Å²) in [5, 5.41) is 6.95. The average Bonchev–Trinajstić information content (AvgIpc) is 3.17. The number of aliphatic imine (C=N–C) groups is 1. The van der Waals surface area contributed by atoms with E-state index >= 15 is 0 Å². The first-order chi connectivity index (χ1) is 12.8. The van der Waals surface area contributed by atoms with Gasteiger partial charge in [-0.05, 0) is 32.6 Å². The third kappa shape index (κ3) is 10.8. The Morgan fingerprint density at radius 1 is 1.22 bits per heavy atom. The Balaban J connectivity index is 0.00000364. The van der Waals surface area contributed by atoms with Gasteiger partial charge < -0.3 is 29.7 Å². The summed E-state index contributed by atoms with van der Waals surface area (Å²) in [6.07, 6.45) is 4.40. The molecule has 0 aromatic rings. The van der Waals surface area contributed by atoms with Crippen LogP contribution in [-0.4, -0.2) is 89.8 Å². The fraction of sp³-hybridized carbons (Fsp3) is 0.947. The first kappa shape index (κ1) is 24.9. The van der Waals surface area contributed by atoms with Crippen LogP contribution in [0.25, 0.3) is 0 Å². The van der Waals surface area contributed by atoms with Gasteiger partial charge in [-0.1, -0.05) is 0 Å². The lowest BCUT2D eigenvalue weighted by molar-refractivity contribution is 0.0893. The maximum atomic E-state index is 5.75. The maximum absolute atomic E-state index is 5.75. The molecule has 160 valence electrons. The second-order valence-electron chi connectivity index (χ2n) is 7.17. The van der Waals surface area contributed by atoms with Gasteiger partial charge in [0.1, 0.15) is 0 Å². The molecule has 2 aliphatic rings. The van der Waals surface area contributed by atoms with E-state index in [0.717, 1.165) is 97.4 Å². The van der Waals surface area contributed by atoms with E-state index in [2.05, 4.69) is 22.5 Å². The van der Waals surface area contributed by atoms with Crippen molar-refractivity contribution in [1.82, 2.24) is 15.5 Å². The van der Waals surface area contributed by atoms with Gasteiger partial charge in [-0.25, -0.2) is 0 Å². The lowest BCUT2D eigenvalue weighted by atomic mass is 10.1. The van der Waals surface area contributed by atoms with E-state index in [1.807, 2.05) is 0 Å². The van der Waals surface area contributed by atoms with Crippen molar-refractivity contribution < 1.29 is 14.2 Å². The largest absolute Gasteiger partial charge is 0.383 e. The molecule has 2 heterocycles. The van der Waals surface area contributed by atoms with Crippen molar-refractivity contribution in [2.75, 3.05) is 72.9 Å². The number of ether oxygens (including phenoxy) is 3. The first-order valence-electron chi connectivity index (χ1n) is 10.2. The van der Waals surface area contributed by atoms with Crippen molar-refractivity contribution >= 4 is 29.9 Å². The number of hydrogen-bond donors (Lipinski definition) is 2. The summed E-state index contributed by atoms with van der Waals surface area (Å²) in [7, 11) is 1.77. The van der Waals surface area contributed by atoms with Gasteiger partial charge in [-0.2, -0.15) is 0 Å². The molecule has 0 saturated carbocycles. The molecule has 2 saturated heterocycles. The fourth-order valence-corrected chi connectivity index (χ4v) is 3.36. The van der Waals surface area contributed by atoms with Crippen molar-refractivity contribution in [2.24, 2.45) is 10.9 Å². The van der Waals surface area contributed by atoms with E-state index in [1.165, 1.54) is 0 Å². The Kier molecular flexibility index (Phi) is 14.5. The van der Waals surface area contributed by atoms with Crippen molar-refractivity contribution in [3.05, 3.63) is 0 Å². The normalized spacial score (nSPS) is 21.9. The molecular weight excluding hydrogens is 459 g/mol. The van der Waals surface area contributed by atoms with Gasteiger partial charge in [0.05, 0.1) is 19.8 Å². The zero-order chi connectivity index (χ0) is 18.5. The second-order valence-corrected chi connectivity index (χ2v) is 7.17. The number of piperidine rings is 1. The summed E-state index contributed by atoms with van der Waals surface area (Å²) in [4.78, 5) is 7.17. The summed E-state index contributed by atoms with van der Waals surface area (Å²) < 4.78 is 16.3. The smallest absolute Gasteiger partial charge is 0.191 e. The van der Waals surface area contributed by atoms with Crippen molar-refractivity contribution in [3.63, 3.8) is 0 Å². The van der Waals surface area contributed by atoms with Gasteiger partial charge in [0.2, 0.25) is 0 Å². The van der Waals surface area contributed by atoms with Crippen LogP contribution in [-0.2, 0) is 14.2 Å². The number of methoxy groups -OCH3 is 1. The van der Waals surface area contributed by atoms with Gasteiger partial charge in [0.25, 0.3) is 0 Å². The summed E-state index contributed by atoms with van der Waals surface area (Å²) in [5.74, 6) is 1.53. The first-order valence-corrected chi connectivity index (χ1v) is 10.2. The van der Waals surface area contributed by atoms with E-state index in [-0.39, 0.29) is 24.0 Å². The molecule has 27 heavy (non-hydrogen) atoms. The Hall–Kier alpha value is -0.160. The van der Waals surface area contributed by atoms with E-state index in [1.54, 1.807) is 7.11 Å². The number of rotatable bonds is 11. The number of nitrogens with zero attached hydrogens (tertiary/aromatic N) is 2. The lowest BCUT2D eigenvalue weighted by Crippen LogP contribution is -2.49. The predicted molar refractivity (Wildman–Crippen MR) is 120 cm³/mol. The molecule has 0 aliphatic carbocycles. The standard InChI is InChI=1S/C19H38N4O3.HI/c1-3-20-19(21-8-4-12-25-15-17-7-13-26-16-17)22-18-5-9-23(10-6-18)11-14-24-2;/h17-18H,3-16H2,1-2H3,(H2,20,21,22);1H. The van der Waals surface area contributed by atoms with Crippen LogP contribution in [0.4, 0.5) is 0 Å². The molecule has 2 aliphatic heterocycles. The quantitative estimate of drug-likeness (QED) is 0.196. The Morgan fingerprint density at radius 2 is 2.04 bits per heavy atom. The monoisotopic (exact) mass is 498 g/mol. The second kappa shape index (κ2) is 15.7. The third-order valence-electron chi connectivity index (χ3n) is 4.98. The van der Waals surface area contributed by atoms with Gasteiger partial charge in [-0.3, -0.25) is 4.99 Å². The highest BCUT2D eigenvalue weighted by molar-refractivity contribution is 14.0. The minimum absolute atomic E-state index is 0. The highest BCUT2D eigenvalue weighted by Gasteiger charge is 2.19. The molecule has 1 unspecified atom stereocenters. The molecule has 2 rings (SSSR count). The van der Waals surface area contributed by atoms with Gasteiger partial charge in [0, 0.05) is 65.0 Å². The third-order valence-corrected chi connectivity index (χ3v) is 4.98. The molecule has 0 aromatic heterocycles. The number of guanidine groups is 1. The average molecular weight is 498 g/mol. The van der Waals surface area contributed by atoms with Gasteiger partial charge >= 0.3 is 0 Å². The van der Waals surface area contributed by atoms with Crippen LogP contribution in [0.5, 0.6) is 0 Å². The topological polar surface area (TPSA) is 67.4 Å². The molecule has 8 heteroatoms. The molecule has 2 fully saturated rings. The van der Waals surface area contributed by atoms with Crippen LogP contribution >= 0.6 is 24.0 Å². The van der Waals surface area contributed by atoms with E-state index < -0.39 is 0 Å². The van der Waals surface area contributed by atoms with Crippen molar-refractivity contribution in [3.8, 4) is 0 Å². The van der Waals surface area contributed by atoms with E-state index in [0.29, 0.717) is 12.0 Å². The highest BCUT2D eigenvalue weighted by Crippen LogP contribution is 2.12. The van der Waals surface area contributed by atoms with Crippen molar-refractivity contribution in [1.29, 1.82) is 0 Å². The van der Waals surface area contributed by atoms with Crippen LogP contribution in [0, 0.1) is 5.92 Å². The van der Waals surface area contributed by atoms with Crippen LogP contribution in [0.15, 0.2) is 4.99 Å². The van der Waals surface area contributed by atoms with E-state index in [4.69, 9.17) is 19.2 Å². The summed E-state index contributed by atoms with van der Waals surface area (Å²) >= 11 is 0. The zero-order valence-electron chi connectivity index (χ0n) is 17.1. The number of halogens is 1. The van der Waals surface area contributed by atoms with E-state index in [9.17, 15) is 0 Å². The SMILES string of the molecule is CCNC(=NCCCOCC1CCOC1)NC1CCN(CCOC)CC1.I. The van der Waals surface area contributed by atoms with Crippen LogP contribution in [0.2, 0.25) is 0 Å². The number of likely N-dealkylation sites (tertiary alicyclic amines) is 1. The maximum Gasteiger partial charge on any atom is 0.191 e. The molecule has 0 bridgehead atoms. The number of hydrogen-bond acceptors (Lipinski definition) is 5. The van der Waals surface area contributed by atoms with Crippen molar-refractivity contribution in [2.45, 2.75) is 38.6 Å². The Labute approximate surface area is 182 Å². The summed E-state index contributed by atoms with van der Waals surface area (Å²) in [6, 6.07) is 0.505. The Morgan fingerprint density at radius 3 is 2.70 bits per heavy atom. The molecular formula is C19H39IN4O3. The van der Waals surface area contributed by atoms with Crippen LogP contribution < -0.4 is 10.6 Å². The summed E-state index contributed by atoms with van der Waals surface area (Å²) in [5.41, 5.74) is 0. The molecule has 0 radical (unpaired) electrons. The molecule has 7 nitrogen and oxygen atoms in total. The van der Waals surface area contributed by atoms with Gasteiger partial charge in [-0.15, -0.1) is 24.0 Å². The lowest BCUT2D eigenvalue weighted by Gasteiger charge is -2.32. The fourth-order valence-electron chi connectivity index (χ4n) is 3.36. The molecule has 0 spiro atoms. The summed E-state index contributed by atoms with van der Waals surface area (Å²) in [6.45, 7) is 11.2. The highest BCUT2D eigenvalue weighted by atomic mass is 127. The minimum Gasteiger partial charge on any atom is -0.383 e. The number of nitrogens with one attached hydrogen (secondary N) is 2.